The van der Waals surface area contributed by atoms with Crippen molar-refractivity contribution in [2.45, 2.75) is 51.2 Å². The number of anilines is 1. The van der Waals surface area contributed by atoms with E-state index in [1.165, 1.54) is 0 Å². The molecule has 1 aliphatic rings. The highest BCUT2D eigenvalue weighted by atomic mass is 16.6. The van der Waals surface area contributed by atoms with Crippen LogP contribution in [0.25, 0.3) is 0 Å². The Morgan fingerprint density at radius 1 is 1.50 bits per heavy atom. The SMILES string of the molecule is COC1CCC(Nc2c([N+](=O)[O-])c(C(C)C)nn2C)C1. The summed E-state index contributed by atoms with van der Waals surface area (Å²) in [6, 6.07) is 0.203. The minimum atomic E-state index is -0.340. The highest BCUT2D eigenvalue weighted by molar-refractivity contribution is 5.61. The Kier molecular flexibility index (Phi) is 4.27. The molecule has 1 fully saturated rings. The van der Waals surface area contributed by atoms with Crippen LogP contribution in [0.3, 0.4) is 0 Å². The molecule has 0 amide bonds. The molecule has 0 aliphatic heterocycles. The predicted molar refractivity (Wildman–Crippen MR) is 76.0 cm³/mol. The molecule has 1 aromatic rings. The Labute approximate surface area is 118 Å². The Hall–Kier alpha value is -1.63. The summed E-state index contributed by atoms with van der Waals surface area (Å²) in [5.74, 6) is 0.521. The molecule has 0 aromatic carbocycles. The van der Waals surface area contributed by atoms with Crippen LogP contribution in [-0.2, 0) is 11.8 Å². The molecular weight excluding hydrogens is 260 g/mol. The summed E-state index contributed by atoms with van der Waals surface area (Å²) in [5, 5.41) is 18.9. The summed E-state index contributed by atoms with van der Waals surface area (Å²) >= 11 is 0. The molecule has 2 unspecified atom stereocenters. The van der Waals surface area contributed by atoms with Crippen molar-refractivity contribution >= 4 is 11.5 Å². The molecule has 1 saturated carbocycles. The topological polar surface area (TPSA) is 82.2 Å². The van der Waals surface area contributed by atoms with Crippen molar-refractivity contribution in [1.29, 1.82) is 0 Å². The van der Waals surface area contributed by atoms with Crippen LogP contribution in [-0.4, -0.2) is 34.0 Å². The van der Waals surface area contributed by atoms with Crippen molar-refractivity contribution in [3.8, 4) is 0 Å². The van der Waals surface area contributed by atoms with Crippen LogP contribution < -0.4 is 5.32 Å². The fourth-order valence-electron chi connectivity index (χ4n) is 2.74. The predicted octanol–water partition coefficient (Wildman–Crippen LogP) is 2.43. The van der Waals surface area contributed by atoms with Crippen LogP contribution in [0.5, 0.6) is 0 Å². The van der Waals surface area contributed by atoms with Crippen LogP contribution in [0.15, 0.2) is 0 Å². The standard InChI is InChI=1S/C13H22N4O3/c1-8(2)11-12(17(18)19)13(16(3)15-11)14-9-5-6-10(7-9)20-4/h8-10,14H,5-7H2,1-4H3. The van der Waals surface area contributed by atoms with E-state index < -0.39 is 0 Å². The summed E-state index contributed by atoms with van der Waals surface area (Å²) < 4.78 is 6.91. The second kappa shape index (κ2) is 5.78. The number of nitrogens with zero attached hydrogens (tertiary/aromatic N) is 3. The maximum Gasteiger partial charge on any atom is 0.334 e. The molecule has 0 saturated heterocycles. The fourth-order valence-corrected chi connectivity index (χ4v) is 2.74. The molecule has 0 radical (unpaired) electrons. The van der Waals surface area contributed by atoms with Crippen LogP contribution in [0, 0.1) is 10.1 Å². The molecule has 0 spiro atoms. The summed E-state index contributed by atoms with van der Waals surface area (Å²) in [4.78, 5) is 11.0. The van der Waals surface area contributed by atoms with E-state index in [4.69, 9.17) is 4.74 Å². The summed E-state index contributed by atoms with van der Waals surface area (Å²) in [5.41, 5.74) is 0.629. The minimum absolute atomic E-state index is 0.0208. The van der Waals surface area contributed by atoms with Crippen LogP contribution in [0.4, 0.5) is 11.5 Å². The van der Waals surface area contributed by atoms with Gasteiger partial charge in [-0.05, 0) is 19.3 Å². The van der Waals surface area contributed by atoms with Gasteiger partial charge in [0.1, 0.15) is 5.69 Å². The first-order valence-electron chi connectivity index (χ1n) is 6.94. The zero-order valence-electron chi connectivity index (χ0n) is 12.4. The number of aryl methyl sites for hydroxylation is 1. The first kappa shape index (κ1) is 14.8. The average Bonchev–Trinajstić information content (AvgIpc) is 2.95. The molecule has 112 valence electrons. The molecule has 2 atom stereocenters. The molecule has 7 nitrogen and oxygen atoms in total. The molecule has 7 heteroatoms. The summed E-state index contributed by atoms with van der Waals surface area (Å²) in [7, 11) is 3.44. The van der Waals surface area contributed by atoms with E-state index in [1.807, 2.05) is 13.8 Å². The lowest BCUT2D eigenvalue weighted by molar-refractivity contribution is -0.384. The minimum Gasteiger partial charge on any atom is -0.381 e. The summed E-state index contributed by atoms with van der Waals surface area (Å²) in [6.07, 6.45) is 3.05. The van der Waals surface area contributed by atoms with Crippen LogP contribution in [0.1, 0.15) is 44.7 Å². The van der Waals surface area contributed by atoms with Crippen LogP contribution in [0.2, 0.25) is 0 Å². The Morgan fingerprint density at radius 3 is 2.70 bits per heavy atom. The Morgan fingerprint density at radius 2 is 2.20 bits per heavy atom. The van der Waals surface area contributed by atoms with E-state index >= 15 is 0 Å². The molecular formula is C13H22N4O3. The molecule has 2 rings (SSSR count). The molecule has 1 N–H and O–H groups in total. The first-order chi connectivity index (χ1) is 9.43. The van der Waals surface area contributed by atoms with Gasteiger partial charge in [-0.3, -0.25) is 10.1 Å². The third-order valence-corrected chi connectivity index (χ3v) is 3.84. The van der Waals surface area contributed by atoms with Gasteiger partial charge in [-0.25, -0.2) is 4.68 Å². The maximum absolute atomic E-state index is 11.3. The van der Waals surface area contributed by atoms with E-state index in [-0.39, 0.29) is 28.7 Å². The van der Waals surface area contributed by atoms with Gasteiger partial charge in [-0.15, -0.1) is 0 Å². The molecule has 20 heavy (non-hydrogen) atoms. The van der Waals surface area contributed by atoms with Gasteiger partial charge in [0.15, 0.2) is 0 Å². The second-order valence-electron chi connectivity index (χ2n) is 5.63. The van der Waals surface area contributed by atoms with E-state index in [1.54, 1.807) is 18.8 Å². The van der Waals surface area contributed by atoms with Gasteiger partial charge in [0.2, 0.25) is 5.82 Å². The quantitative estimate of drug-likeness (QED) is 0.662. The lowest BCUT2D eigenvalue weighted by Crippen LogP contribution is -2.19. The normalized spacial score (nSPS) is 22.4. The van der Waals surface area contributed by atoms with E-state index in [0.29, 0.717) is 11.5 Å². The zero-order chi connectivity index (χ0) is 14.9. The highest BCUT2D eigenvalue weighted by Gasteiger charge is 2.32. The monoisotopic (exact) mass is 282 g/mol. The Balaban J connectivity index is 2.25. The van der Waals surface area contributed by atoms with Crippen molar-refractivity contribution in [1.82, 2.24) is 9.78 Å². The van der Waals surface area contributed by atoms with Gasteiger partial charge in [0.25, 0.3) is 0 Å². The number of aromatic nitrogens is 2. The summed E-state index contributed by atoms with van der Waals surface area (Å²) in [6.45, 7) is 3.82. The van der Waals surface area contributed by atoms with E-state index in [2.05, 4.69) is 10.4 Å². The van der Waals surface area contributed by atoms with Crippen molar-refractivity contribution in [2.24, 2.45) is 7.05 Å². The molecule has 1 heterocycles. The largest absolute Gasteiger partial charge is 0.381 e. The molecule has 1 aliphatic carbocycles. The van der Waals surface area contributed by atoms with Gasteiger partial charge in [-0.1, -0.05) is 13.8 Å². The van der Waals surface area contributed by atoms with E-state index in [9.17, 15) is 10.1 Å². The van der Waals surface area contributed by atoms with Gasteiger partial charge < -0.3 is 10.1 Å². The third-order valence-electron chi connectivity index (χ3n) is 3.84. The zero-order valence-corrected chi connectivity index (χ0v) is 12.4. The Bertz CT molecular complexity index is 498. The van der Waals surface area contributed by atoms with Crippen molar-refractivity contribution in [3.63, 3.8) is 0 Å². The number of rotatable bonds is 5. The van der Waals surface area contributed by atoms with Crippen LogP contribution >= 0.6 is 0 Å². The number of nitrogens with one attached hydrogen (secondary N) is 1. The molecule has 0 bridgehead atoms. The number of methoxy groups -OCH3 is 1. The highest BCUT2D eigenvalue weighted by Crippen LogP contribution is 2.35. The van der Waals surface area contributed by atoms with Crippen molar-refractivity contribution < 1.29 is 9.66 Å². The third kappa shape index (κ3) is 2.77. The maximum atomic E-state index is 11.3. The number of hydrogen-bond acceptors (Lipinski definition) is 5. The van der Waals surface area contributed by atoms with Gasteiger partial charge in [0, 0.05) is 26.1 Å². The van der Waals surface area contributed by atoms with Gasteiger partial charge in [-0.2, -0.15) is 5.10 Å². The first-order valence-corrected chi connectivity index (χ1v) is 6.94. The van der Waals surface area contributed by atoms with Crippen molar-refractivity contribution in [2.75, 3.05) is 12.4 Å². The van der Waals surface area contributed by atoms with Crippen molar-refractivity contribution in [3.05, 3.63) is 15.8 Å². The lowest BCUT2D eigenvalue weighted by Gasteiger charge is -2.13. The lowest BCUT2D eigenvalue weighted by atomic mass is 10.1. The second-order valence-corrected chi connectivity index (χ2v) is 5.63. The number of ether oxygens (including phenoxy) is 1. The van der Waals surface area contributed by atoms with E-state index in [0.717, 1.165) is 19.3 Å². The smallest absolute Gasteiger partial charge is 0.334 e. The number of nitro groups is 1. The van der Waals surface area contributed by atoms with Gasteiger partial charge >= 0.3 is 5.69 Å². The van der Waals surface area contributed by atoms with Gasteiger partial charge in [0.05, 0.1) is 11.0 Å². The fraction of sp³-hybridized carbons (Fsp3) is 0.769. The average molecular weight is 282 g/mol. The molecule has 1 aromatic heterocycles. The number of hydrogen-bond donors (Lipinski definition) is 1.